The van der Waals surface area contributed by atoms with Gasteiger partial charge in [0.25, 0.3) is 5.91 Å². The van der Waals surface area contributed by atoms with Crippen molar-refractivity contribution in [2.24, 2.45) is 5.10 Å². The zero-order valence-corrected chi connectivity index (χ0v) is 15.5. The quantitative estimate of drug-likeness (QED) is 0.534. The molecule has 0 radical (unpaired) electrons. The third-order valence-electron chi connectivity index (χ3n) is 3.44. The molecule has 2 N–H and O–H groups in total. The summed E-state index contributed by atoms with van der Waals surface area (Å²) in [7, 11) is 0. The summed E-state index contributed by atoms with van der Waals surface area (Å²) >= 11 is 3.36. The Bertz CT molecular complexity index is 740. The summed E-state index contributed by atoms with van der Waals surface area (Å²) in [6, 6.07) is 14.3. The van der Waals surface area contributed by atoms with Gasteiger partial charge in [0, 0.05) is 22.1 Å². The Morgan fingerprint density at radius 2 is 1.76 bits per heavy atom. The van der Waals surface area contributed by atoms with Gasteiger partial charge in [-0.05, 0) is 48.4 Å². The molecule has 0 aliphatic rings. The Labute approximate surface area is 155 Å². The zero-order valence-electron chi connectivity index (χ0n) is 14.0. The fraction of sp³-hybridized carbons (Fsp3) is 0.211. The molecule has 25 heavy (non-hydrogen) atoms. The van der Waals surface area contributed by atoms with E-state index in [1.165, 1.54) is 0 Å². The number of unbranched alkanes of at least 4 members (excludes halogenated alkanes) is 1. The van der Waals surface area contributed by atoms with Gasteiger partial charge in [0.2, 0.25) is 5.91 Å². The number of amides is 2. The van der Waals surface area contributed by atoms with Crippen LogP contribution in [0.3, 0.4) is 0 Å². The van der Waals surface area contributed by atoms with Gasteiger partial charge in [0.15, 0.2) is 0 Å². The molecule has 0 unspecified atom stereocenters. The number of hydrogen-bond donors (Lipinski definition) is 2. The molecule has 0 spiro atoms. The average Bonchev–Trinajstić information content (AvgIpc) is 2.62. The Kier molecular flexibility index (Phi) is 7.35. The van der Waals surface area contributed by atoms with E-state index in [1.807, 2.05) is 31.2 Å². The summed E-state index contributed by atoms with van der Waals surface area (Å²) in [6.07, 6.45) is 3.92. The molecule has 0 saturated carbocycles. The molecule has 0 aliphatic carbocycles. The van der Waals surface area contributed by atoms with Crippen molar-refractivity contribution < 1.29 is 9.59 Å². The largest absolute Gasteiger partial charge is 0.326 e. The predicted molar refractivity (Wildman–Crippen MR) is 104 cm³/mol. The summed E-state index contributed by atoms with van der Waals surface area (Å²) in [4.78, 5) is 23.7. The Balaban J connectivity index is 1.87. The predicted octanol–water partition coefficient (Wildman–Crippen LogP) is 4.34. The molecule has 2 rings (SSSR count). The van der Waals surface area contributed by atoms with E-state index in [0.29, 0.717) is 17.7 Å². The van der Waals surface area contributed by atoms with Crippen molar-refractivity contribution in [2.75, 3.05) is 5.32 Å². The maximum Gasteiger partial charge on any atom is 0.271 e. The molecule has 5 nitrogen and oxygen atoms in total. The van der Waals surface area contributed by atoms with Crippen LogP contribution in [0.25, 0.3) is 0 Å². The maximum absolute atomic E-state index is 12.0. The summed E-state index contributed by atoms with van der Waals surface area (Å²) in [5.74, 6) is -0.324. The minimum absolute atomic E-state index is 0.0156. The second-order valence-electron chi connectivity index (χ2n) is 5.48. The summed E-state index contributed by atoms with van der Waals surface area (Å²) in [5, 5.41) is 6.75. The van der Waals surface area contributed by atoms with Crippen molar-refractivity contribution in [3.05, 3.63) is 64.1 Å². The molecule has 2 amide bonds. The first kappa shape index (κ1) is 18.9. The molecule has 0 bridgehead atoms. The summed E-state index contributed by atoms with van der Waals surface area (Å²) in [6.45, 7) is 2.04. The van der Waals surface area contributed by atoms with Gasteiger partial charge in [0.1, 0.15) is 0 Å². The lowest BCUT2D eigenvalue weighted by Crippen LogP contribution is -2.17. The number of rotatable bonds is 7. The number of nitrogens with zero attached hydrogens (tertiary/aromatic N) is 1. The van der Waals surface area contributed by atoms with Crippen molar-refractivity contribution in [3.8, 4) is 0 Å². The molecule has 2 aromatic carbocycles. The minimum atomic E-state index is -0.308. The van der Waals surface area contributed by atoms with E-state index >= 15 is 0 Å². The van der Waals surface area contributed by atoms with Crippen LogP contribution in [-0.4, -0.2) is 18.0 Å². The highest BCUT2D eigenvalue weighted by Crippen LogP contribution is 2.11. The van der Waals surface area contributed by atoms with Crippen LogP contribution in [-0.2, 0) is 4.79 Å². The monoisotopic (exact) mass is 401 g/mol. The van der Waals surface area contributed by atoms with E-state index in [-0.39, 0.29) is 11.8 Å². The first-order chi connectivity index (χ1) is 12.1. The second kappa shape index (κ2) is 9.74. The third kappa shape index (κ3) is 6.51. The van der Waals surface area contributed by atoms with Crippen LogP contribution >= 0.6 is 15.9 Å². The lowest BCUT2D eigenvalue weighted by molar-refractivity contribution is -0.116. The van der Waals surface area contributed by atoms with Gasteiger partial charge in [-0.3, -0.25) is 9.59 Å². The van der Waals surface area contributed by atoms with E-state index in [4.69, 9.17) is 0 Å². The van der Waals surface area contributed by atoms with E-state index in [2.05, 4.69) is 31.8 Å². The van der Waals surface area contributed by atoms with Gasteiger partial charge in [-0.2, -0.15) is 5.10 Å². The summed E-state index contributed by atoms with van der Waals surface area (Å²) < 4.78 is 0.982. The molecule has 0 heterocycles. The van der Waals surface area contributed by atoms with Crippen molar-refractivity contribution in [1.29, 1.82) is 0 Å². The Morgan fingerprint density at radius 1 is 1.08 bits per heavy atom. The first-order valence-corrected chi connectivity index (χ1v) is 8.86. The molecule has 0 atom stereocenters. The highest BCUT2D eigenvalue weighted by atomic mass is 79.9. The number of nitrogens with one attached hydrogen (secondary N) is 2. The zero-order chi connectivity index (χ0) is 18.1. The number of anilines is 1. The van der Waals surface area contributed by atoms with E-state index in [9.17, 15) is 9.59 Å². The Hall–Kier alpha value is -2.47. The van der Waals surface area contributed by atoms with Gasteiger partial charge in [-0.15, -0.1) is 0 Å². The van der Waals surface area contributed by atoms with Crippen molar-refractivity contribution in [2.45, 2.75) is 26.2 Å². The lowest BCUT2D eigenvalue weighted by Gasteiger charge is -2.05. The smallest absolute Gasteiger partial charge is 0.271 e. The van der Waals surface area contributed by atoms with Crippen molar-refractivity contribution in [1.82, 2.24) is 5.43 Å². The minimum Gasteiger partial charge on any atom is -0.326 e. The van der Waals surface area contributed by atoms with Gasteiger partial charge in [0.05, 0.1) is 6.21 Å². The number of hydrogen-bond acceptors (Lipinski definition) is 3. The molecule has 0 aromatic heterocycles. The standard InChI is InChI=1S/C19H20BrN3O2/c1-2-3-4-18(24)22-17-11-7-15(8-12-17)19(25)23-21-13-14-5-9-16(20)10-6-14/h5-13H,2-4H2,1H3,(H,22,24)(H,23,25)/b21-13+. The number of carbonyl (C=O) groups excluding carboxylic acids is 2. The molecule has 6 heteroatoms. The highest BCUT2D eigenvalue weighted by Gasteiger charge is 2.05. The Morgan fingerprint density at radius 3 is 2.40 bits per heavy atom. The lowest BCUT2D eigenvalue weighted by atomic mass is 10.2. The van der Waals surface area contributed by atoms with Gasteiger partial charge in [-0.25, -0.2) is 5.43 Å². The van der Waals surface area contributed by atoms with Crippen LogP contribution in [0.2, 0.25) is 0 Å². The number of hydrazone groups is 1. The molecule has 130 valence electrons. The third-order valence-corrected chi connectivity index (χ3v) is 3.97. The SMILES string of the molecule is CCCCC(=O)Nc1ccc(C(=O)N/N=C/c2ccc(Br)cc2)cc1. The van der Waals surface area contributed by atoms with Crippen molar-refractivity contribution >= 4 is 39.6 Å². The fourth-order valence-corrected chi connectivity index (χ4v) is 2.31. The number of halogens is 1. The van der Waals surface area contributed by atoms with Gasteiger partial charge >= 0.3 is 0 Å². The summed E-state index contributed by atoms with van der Waals surface area (Å²) in [5.41, 5.74) is 4.51. The molecular weight excluding hydrogens is 382 g/mol. The van der Waals surface area contributed by atoms with Gasteiger partial charge in [-0.1, -0.05) is 41.4 Å². The van der Waals surface area contributed by atoms with E-state index < -0.39 is 0 Å². The maximum atomic E-state index is 12.0. The normalized spacial score (nSPS) is 10.6. The molecule has 2 aromatic rings. The van der Waals surface area contributed by atoms with Crippen LogP contribution in [0.1, 0.15) is 42.1 Å². The van der Waals surface area contributed by atoms with Crippen LogP contribution in [0.15, 0.2) is 58.1 Å². The molecule has 0 saturated heterocycles. The number of benzene rings is 2. The van der Waals surface area contributed by atoms with Crippen LogP contribution in [0.5, 0.6) is 0 Å². The first-order valence-electron chi connectivity index (χ1n) is 8.07. The number of carbonyl (C=O) groups is 2. The molecule has 0 aliphatic heterocycles. The van der Waals surface area contributed by atoms with E-state index in [1.54, 1.807) is 30.5 Å². The second-order valence-corrected chi connectivity index (χ2v) is 6.40. The van der Waals surface area contributed by atoms with Crippen LogP contribution < -0.4 is 10.7 Å². The van der Waals surface area contributed by atoms with Crippen LogP contribution in [0, 0.1) is 0 Å². The topological polar surface area (TPSA) is 70.6 Å². The highest BCUT2D eigenvalue weighted by molar-refractivity contribution is 9.10. The molecular formula is C19H20BrN3O2. The average molecular weight is 402 g/mol. The fourth-order valence-electron chi connectivity index (χ4n) is 2.04. The van der Waals surface area contributed by atoms with E-state index in [0.717, 1.165) is 22.9 Å². The molecule has 0 fully saturated rings. The van der Waals surface area contributed by atoms with Crippen LogP contribution in [0.4, 0.5) is 5.69 Å². The van der Waals surface area contributed by atoms with Crippen molar-refractivity contribution in [3.63, 3.8) is 0 Å². The van der Waals surface area contributed by atoms with Gasteiger partial charge < -0.3 is 5.32 Å².